The lowest BCUT2D eigenvalue weighted by molar-refractivity contribution is 0.410. The predicted molar refractivity (Wildman–Crippen MR) is 87.5 cm³/mol. The van der Waals surface area contributed by atoms with Crippen LogP contribution in [-0.4, -0.2) is 7.11 Å². The number of nitrogens with two attached hydrogens (primary N) is 1. The third-order valence-corrected chi connectivity index (χ3v) is 3.95. The number of hydrogen-bond donors (Lipinski definition) is 1. The Kier molecular flexibility index (Phi) is 4.82. The maximum absolute atomic E-state index is 6.28. The lowest BCUT2D eigenvalue weighted by Gasteiger charge is -2.14. The van der Waals surface area contributed by atoms with E-state index in [0.717, 1.165) is 23.3 Å². The highest BCUT2D eigenvalue weighted by molar-refractivity contribution is 14.1. The standard InChI is InChI=1S/C16H18INO/c1-11-3-6-13(10-16(11)19-2)15(18)9-12-4-7-14(17)8-5-12/h3-8,10,15H,9,18H2,1-2H3. The highest BCUT2D eigenvalue weighted by atomic mass is 127. The molecule has 0 saturated heterocycles. The van der Waals surface area contributed by atoms with Crippen LogP contribution in [0.4, 0.5) is 0 Å². The maximum atomic E-state index is 6.28. The molecule has 1 unspecified atom stereocenters. The van der Waals surface area contributed by atoms with Crippen LogP contribution in [-0.2, 0) is 6.42 Å². The summed E-state index contributed by atoms with van der Waals surface area (Å²) in [5, 5.41) is 0. The minimum Gasteiger partial charge on any atom is -0.496 e. The van der Waals surface area contributed by atoms with Crippen LogP contribution >= 0.6 is 22.6 Å². The third-order valence-electron chi connectivity index (χ3n) is 3.23. The van der Waals surface area contributed by atoms with E-state index in [0.29, 0.717) is 0 Å². The van der Waals surface area contributed by atoms with Crippen molar-refractivity contribution in [3.63, 3.8) is 0 Å². The Balaban J connectivity index is 2.15. The summed E-state index contributed by atoms with van der Waals surface area (Å²) >= 11 is 2.31. The average molecular weight is 367 g/mol. The van der Waals surface area contributed by atoms with E-state index in [4.69, 9.17) is 10.5 Å². The summed E-state index contributed by atoms with van der Waals surface area (Å²) in [5.74, 6) is 0.899. The van der Waals surface area contributed by atoms with Crippen molar-refractivity contribution < 1.29 is 4.74 Å². The molecule has 0 saturated carbocycles. The van der Waals surface area contributed by atoms with Gasteiger partial charge in [0.25, 0.3) is 0 Å². The smallest absolute Gasteiger partial charge is 0.122 e. The SMILES string of the molecule is COc1cc(C(N)Cc2ccc(I)cc2)ccc1C. The largest absolute Gasteiger partial charge is 0.496 e. The molecule has 19 heavy (non-hydrogen) atoms. The van der Waals surface area contributed by atoms with Crippen molar-refractivity contribution in [3.8, 4) is 5.75 Å². The van der Waals surface area contributed by atoms with Crippen molar-refractivity contribution in [1.82, 2.24) is 0 Å². The van der Waals surface area contributed by atoms with Crippen LogP contribution in [0, 0.1) is 10.5 Å². The summed E-state index contributed by atoms with van der Waals surface area (Å²) in [4.78, 5) is 0. The number of methoxy groups -OCH3 is 1. The van der Waals surface area contributed by atoms with Crippen molar-refractivity contribution >= 4 is 22.6 Å². The zero-order chi connectivity index (χ0) is 13.8. The van der Waals surface area contributed by atoms with Gasteiger partial charge in [0, 0.05) is 9.61 Å². The van der Waals surface area contributed by atoms with E-state index in [1.54, 1.807) is 7.11 Å². The van der Waals surface area contributed by atoms with Gasteiger partial charge in [-0.05, 0) is 70.8 Å². The van der Waals surface area contributed by atoms with E-state index in [1.165, 1.54) is 9.13 Å². The van der Waals surface area contributed by atoms with E-state index in [9.17, 15) is 0 Å². The first kappa shape index (κ1) is 14.3. The van der Waals surface area contributed by atoms with Gasteiger partial charge in [-0.2, -0.15) is 0 Å². The highest BCUT2D eigenvalue weighted by Gasteiger charge is 2.09. The van der Waals surface area contributed by atoms with Crippen LogP contribution in [0.5, 0.6) is 5.75 Å². The Hall–Kier alpha value is -1.07. The summed E-state index contributed by atoms with van der Waals surface area (Å²) in [6.45, 7) is 2.03. The molecule has 2 aromatic rings. The fourth-order valence-corrected chi connectivity index (χ4v) is 2.42. The quantitative estimate of drug-likeness (QED) is 0.834. The third kappa shape index (κ3) is 3.70. The molecule has 0 fully saturated rings. The number of ether oxygens (including phenoxy) is 1. The van der Waals surface area contributed by atoms with Gasteiger partial charge in [-0.3, -0.25) is 0 Å². The second-order valence-corrected chi connectivity index (χ2v) is 5.91. The molecule has 0 heterocycles. The fourth-order valence-electron chi connectivity index (χ4n) is 2.06. The normalized spacial score (nSPS) is 12.2. The van der Waals surface area contributed by atoms with E-state index >= 15 is 0 Å². The molecule has 0 aliphatic carbocycles. The lowest BCUT2D eigenvalue weighted by atomic mass is 9.98. The summed E-state index contributed by atoms with van der Waals surface area (Å²) in [5.41, 5.74) is 9.78. The van der Waals surface area contributed by atoms with Gasteiger partial charge in [0.05, 0.1) is 7.11 Å². The number of halogens is 1. The van der Waals surface area contributed by atoms with E-state index in [2.05, 4.69) is 59.0 Å². The van der Waals surface area contributed by atoms with Crippen molar-refractivity contribution in [2.75, 3.05) is 7.11 Å². The number of aryl methyl sites for hydroxylation is 1. The lowest BCUT2D eigenvalue weighted by Crippen LogP contribution is -2.13. The van der Waals surface area contributed by atoms with Crippen LogP contribution in [0.1, 0.15) is 22.7 Å². The molecule has 1 atom stereocenters. The average Bonchev–Trinajstić information content (AvgIpc) is 2.42. The Morgan fingerprint density at radius 3 is 2.47 bits per heavy atom. The zero-order valence-electron chi connectivity index (χ0n) is 11.2. The minimum absolute atomic E-state index is 0.00504. The van der Waals surface area contributed by atoms with Gasteiger partial charge in [-0.15, -0.1) is 0 Å². The molecule has 0 aliphatic heterocycles. The van der Waals surface area contributed by atoms with Crippen molar-refractivity contribution in [3.05, 3.63) is 62.7 Å². The topological polar surface area (TPSA) is 35.2 Å². The molecule has 3 heteroatoms. The Morgan fingerprint density at radius 2 is 1.84 bits per heavy atom. The van der Waals surface area contributed by atoms with E-state index in [-0.39, 0.29) is 6.04 Å². The molecule has 100 valence electrons. The predicted octanol–water partition coefficient (Wildman–Crippen LogP) is 3.85. The molecule has 0 aliphatic rings. The second kappa shape index (κ2) is 6.39. The Morgan fingerprint density at radius 1 is 1.16 bits per heavy atom. The van der Waals surface area contributed by atoms with Gasteiger partial charge in [0.1, 0.15) is 5.75 Å². The van der Waals surface area contributed by atoms with Crippen LogP contribution in [0.25, 0.3) is 0 Å². The number of hydrogen-bond acceptors (Lipinski definition) is 2. The number of benzene rings is 2. The summed E-state index contributed by atoms with van der Waals surface area (Å²) in [7, 11) is 1.69. The first-order valence-electron chi connectivity index (χ1n) is 6.24. The Bertz CT molecular complexity index is 551. The first-order chi connectivity index (χ1) is 9.10. The van der Waals surface area contributed by atoms with Crippen molar-refractivity contribution in [2.24, 2.45) is 5.73 Å². The van der Waals surface area contributed by atoms with Gasteiger partial charge in [0.2, 0.25) is 0 Å². The van der Waals surface area contributed by atoms with Crippen molar-refractivity contribution in [2.45, 2.75) is 19.4 Å². The van der Waals surface area contributed by atoms with Crippen LogP contribution in [0.15, 0.2) is 42.5 Å². The first-order valence-corrected chi connectivity index (χ1v) is 7.32. The molecule has 2 aromatic carbocycles. The molecule has 0 radical (unpaired) electrons. The molecule has 2 nitrogen and oxygen atoms in total. The van der Waals surface area contributed by atoms with Gasteiger partial charge in [-0.25, -0.2) is 0 Å². The number of rotatable bonds is 4. The van der Waals surface area contributed by atoms with Crippen LogP contribution < -0.4 is 10.5 Å². The molecule has 0 bridgehead atoms. The van der Waals surface area contributed by atoms with E-state index in [1.807, 2.05) is 13.0 Å². The Labute approximate surface area is 128 Å². The minimum atomic E-state index is -0.00504. The van der Waals surface area contributed by atoms with E-state index < -0.39 is 0 Å². The maximum Gasteiger partial charge on any atom is 0.122 e. The van der Waals surface area contributed by atoms with Gasteiger partial charge in [0.15, 0.2) is 0 Å². The van der Waals surface area contributed by atoms with Crippen molar-refractivity contribution in [1.29, 1.82) is 0 Å². The van der Waals surface area contributed by atoms with Gasteiger partial charge < -0.3 is 10.5 Å². The molecule has 0 aromatic heterocycles. The molecule has 2 N–H and O–H groups in total. The summed E-state index contributed by atoms with van der Waals surface area (Å²) in [6, 6.07) is 14.6. The van der Waals surface area contributed by atoms with Crippen LogP contribution in [0.3, 0.4) is 0 Å². The van der Waals surface area contributed by atoms with Crippen LogP contribution in [0.2, 0.25) is 0 Å². The zero-order valence-corrected chi connectivity index (χ0v) is 13.3. The van der Waals surface area contributed by atoms with Gasteiger partial charge >= 0.3 is 0 Å². The molecule has 0 spiro atoms. The monoisotopic (exact) mass is 367 g/mol. The second-order valence-electron chi connectivity index (χ2n) is 4.67. The highest BCUT2D eigenvalue weighted by Crippen LogP contribution is 2.24. The van der Waals surface area contributed by atoms with Gasteiger partial charge in [-0.1, -0.05) is 24.3 Å². The summed E-state index contributed by atoms with van der Waals surface area (Å²) < 4.78 is 6.59. The fraction of sp³-hybridized carbons (Fsp3) is 0.250. The molecular weight excluding hydrogens is 349 g/mol. The molecule has 2 rings (SSSR count). The molecular formula is C16H18INO. The summed E-state index contributed by atoms with van der Waals surface area (Å²) in [6.07, 6.45) is 0.836. The molecule has 0 amide bonds.